The van der Waals surface area contributed by atoms with Crippen LogP contribution in [-0.2, 0) is 21.3 Å². The summed E-state index contributed by atoms with van der Waals surface area (Å²) in [6.45, 7) is 6.12. The Labute approximate surface area is 271 Å². The lowest BCUT2D eigenvalue weighted by atomic mass is 10.1. The maximum atomic E-state index is 12.7. The molecule has 3 nitrogen and oxygen atoms in total. The zero-order valence-electron chi connectivity index (χ0n) is 27.6. The quantitative estimate of drug-likeness (QED) is 0.0662. The molecule has 1 unspecified atom stereocenters. The van der Waals surface area contributed by atoms with Crippen LogP contribution in [0.1, 0.15) is 153 Å². The second kappa shape index (κ2) is 26.9. The molecule has 2 rings (SSSR count). The molecule has 0 heterocycles. The molecule has 0 fully saturated rings. The predicted molar refractivity (Wildman–Crippen MR) is 191 cm³/mol. The zero-order valence-corrected chi connectivity index (χ0v) is 29.3. The van der Waals surface area contributed by atoms with E-state index in [9.17, 15) is 4.21 Å². The molecule has 0 N–H and O–H groups in total. The van der Waals surface area contributed by atoms with Crippen LogP contribution in [-0.4, -0.2) is 17.4 Å². The molecule has 0 aliphatic carbocycles. The van der Waals surface area contributed by atoms with Gasteiger partial charge in [-0.25, -0.2) is 4.21 Å². The minimum absolute atomic E-state index is 0.559. The SMILES string of the molecule is CCCCCCCCCCCCOc1ccc(CSS(=O)Cc2ccc(OCCCCCCCCCCCC)cc2)cc1. The van der Waals surface area contributed by atoms with Crippen molar-refractivity contribution in [1.29, 1.82) is 0 Å². The lowest BCUT2D eigenvalue weighted by Gasteiger charge is -2.08. The van der Waals surface area contributed by atoms with E-state index in [1.165, 1.54) is 132 Å². The molecule has 244 valence electrons. The number of unbranched alkanes of at least 4 members (excludes halogenated alkanes) is 18. The van der Waals surface area contributed by atoms with Crippen molar-refractivity contribution in [1.82, 2.24) is 0 Å². The summed E-state index contributed by atoms with van der Waals surface area (Å²) in [7, 11) is 0.535. The molecule has 43 heavy (non-hydrogen) atoms. The highest BCUT2D eigenvalue weighted by molar-refractivity contribution is 8.68. The van der Waals surface area contributed by atoms with Crippen LogP contribution in [0.3, 0.4) is 0 Å². The summed E-state index contributed by atoms with van der Waals surface area (Å²) in [5.41, 5.74) is 2.27. The zero-order chi connectivity index (χ0) is 30.6. The Kier molecular flexibility index (Phi) is 23.6. The van der Waals surface area contributed by atoms with Gasteiger partial charge in [0.15, 0.2) is 0 Å². The number of rotatable bonds is 29. The Morgan fingerprint density at radius 2 is 0.837 bits per heavy atom. The van der Waals surface area contributed by atoms with Gasteiger partial charge in [-0.2, -0.15) is 0 Å². The lowest BCUT2D eigenvalue weighted by molar-refractivity contribution is 0.304. The van der Waals surface area contributed by atoms with Crippen molar-refractivity contribution in [2.75, 3.05) is 13.2 Å². The minimum Gasteiger partial charge on any atom is -0.494 e. The first-order valence-corrected chi connectivity index (χ1v) is 20.5. The lowest BCUT2D eigenvalue weighted by Crippen LogP contribution is -1.98. The van der Waals surface area contributed by atoms with Crippen molar-refractivity contribution in [2.45, 2.75) is 154 Å². The van der Waals surface area contributed by atoms with E-state index < -0.39 is 9.83 Å². The Balaban J connectivity index is 1.47. The maximum absolute atomic E-state index is 12.7. The van der Waals surface area contributed by atoms with E-state index in [1.54, 1.807) is 0 Å². The molecule has 0 amide bonds. The molecule has 1 atom stereocenters. The largest absolute Gasteiger partial charge is 0.494 e. The van der Waals surface area contributed by atoms with Gasteiger partial charge in [0.25, 0.3) is 0 Å². The molecule has 0 aromatic heterocycles. The van der Waals surface area contributed by atoms with Crippen LogP contribution in [0.15, 0.2) is 48.5 Å². The van der Waals surface area contributed by atoms with Crippen LogP contribution >= 0.6 is 10.8 Å². The average Bonchev–Trinajstić information content (AvgIpc) is 3.03. The normalized spacial score (nSPS) is 12.0. The second-order valence-electron chi connectivity index (χ2n) is 12.1. The summed E-state index contributed by atoms with van der Waals surface area (Å²) in [6, 6.07) is 16.4. The third-order valence-corrected chi connectivity index (χ3v) is 10.8. The van der Waals surface area contributed by atoms with E-state index in [0.29, 0.717) is 5.75 Å². The number of benzene rings is 2. The summed E-state index contributed by atoms with van der Waals surface area (Å²) in [5, 5.41) is 0. The molecule has 5 heteroatoms. The van der Waals surface area contributed by atoms with Crippen LogP contribution in [0.5, 0.6) is 11.5 Å². The van der Waals surface area contributed by atoms with Crippen molar-refractivity contribution in [3.8, 4) is 11.5 Å². The van der Waals surface area contributed by atoms with Gasteiger partial charge in [-0.15, -0.1) is 0 Å². The first kappa shape index (κ1) is 37.7. The molecule has 0 aliphatic rings. The molecule has 2 aromatic rings. The minimum atomic E-state index is -0.965. The van der Waals surface area contributed by atoms with E-state index in [0.717, 1.165) is 48.9 Å². The highest BCUT2D eigenvalue weighted by Crippen LogP contribution is 2.23. The summed E-state index contributed by atoms with van der Waals surface area (Å²) >= 11 is 0. The summed E-state index contributed by atoms with van der Waals surface area (Å²) in [5.74, 6) is 3.14. The fourth-order valence-electron chi connectivity index (χ4n) is 5.23. The van der Waals surface area contributed by atoms with Crippen molar-refractivity contribution in [2.24, 2.45) is 0 Å². The highest BCUT2D eigenvalue weighted by Gasteiger charge is 2.05. The molecular weight excluding hydrogens is 569 g/mol. The van der Waals surface area contributed by atoms with Crippen molar-refractivity contribution >= 4 is 20.6 Å². The van der Waals surface area contributed by atoms with Gasteiger partial charge in [0.1, 0.15) is 11.5 Å². The van der Waals surface area contributed by atoms with Crippen LogP contribution in [0.2, 0.25) is 0 Å². The van der Waals surface area contributed by atoms with Gasteiger partial charge in [-0.1, -0.05) is 164 Å². The van der Waals surface area contributed by atoms with Crippen LogP contribution < -0.4 is 9.47 Å². The third-order valence-electron chi connectivity index (χ3n) is 8.02. The third kappa shape index (κ3) is 21.0. The number of hydrogen-bond donors (Lipinski definition) is 0. The van der Waals surface area contributed by atoms with Gasteiger partial charge in [-0.3, -0.25) is 0 Å². The van der Waals surface area contributed by atoms with Gasteiger partial charge in [0.2, 0.25) is 0 Å². The maximum Gasteiger partial charge on any atom is 0.119 e. The molecule has 0 saturated carbocycles. The van der Waals surface area contributed by atoms with Gasteiger partial charge >= 0.3 is 0 Å². The average molecular weight is 631 g/mol. The van der Waals surface area contributed by atoms with Gasteiger partial charge in [0, 0.05) is 5.75 Å². The molecule has 0 spiro atoms. The Morgan fingerprint density at radius 1 is 0.488 bits per heavy atom. The summed E-state index contributed by atoms with van der Waals surface area (Å²) in [6.07, 6.45) is 26.7. The van der Waals surface area contributed by atoms with Gasteiger partial charge in [0.05, 0.1) is 28.8 Å². The fourth-order valence-corrected chi connectivity index (χ4v) is 7.70. The van der Waals surface area contributed by atoms with E-state index in [1.807, 2.05) is 36.4 Å². The van der Waals surface area contributed by atoms with Crippen molar-refractivity contribution < 1.29 is 13.7 Å². The number of hydrogen-bond acceptors (Lipinski definition) is 4. The molecular formula is C38H62O3S2. The van der Waals surface area contributed by atoms with Crippen LogP contribution in [0.4, 0.5) is 0 Å². The van der Waals surface area contributed by atoms with Crippen LogP contribution in [0, 0.1) is 0 Å². The standard InChI is InChI=1S/C38H62O3S2/c1-3-5-7-9-11-13-15-17-19-21-31-40-37-27-23-35(24-28-37)33-42-43(39)34-36-25-29-38(30-26-36)41-32-22-20-18-16-14-12-10-8-6-4-2/h23-30H,3-22,31-34H2,1-2H3. The van der Waals surface area contributed by atoms with Gasteiger partial charge in [-0.05, 0) is 48.2 Å². The predicted octanol–water partition coefficient (Wildman–Crippen LogP) is 12.4. The summed E-state index contributed by atoms with van der Waals surface area (Å²) < 4.78 is 24.5. The van der Waals surface area contributed by atoms with Crippen LogP contribution in [0.25, 0.3) is 0 Å². The Hall–Kier alpha value is -1.46. The highest BCUT2D eigenvalue weighted by atomic mass is 33.1. The monoisotopic (exact) mass is 630 g/mol. The smallest absolute Gasteiger partial charge is 0.119 e. The van der Waals surface area contributed by atoms with Crippen molar-refractivity contribution in [3.05, 3.63) is 59.7 Å². The Morgan fingerprint density at radius 3 is 1.23 bits per heavy atom. The topological polar surface area (TPSA) is 35.5 Å². The van der Waals surface area contributed by atoms with E-state index in [-0.39, 0.29) is 0 Å². The first-order chi connectivity index (χ1) is 21.2. The number of ether oxygens (including phenoxy) is 2. The second-order valence-corrected chi connectivity index (χ2v) is 15.3. The van der Waals surface area contributed by atoms with E-state index >= 15 is 0 Å². The fraction of sp³-hybridized carbons (Fsp3) is 0.684. The van der Waals surface area contributed by atoms with E-state index in [4.69, 9.17) is 9.47 Å². The molecule has 0 aliphatic heterocycles. The molecule has 0 saturated heterocycles. The van der Waals surface area contributed by atoms with Crippen molar-refractivity contribution in [3.63, 3.8) is 0 Å². The molecule has 0 bridgehead atoms. The molecule has 0 radical (unpaired) electrons. The van der Waals surface area contributed by atoms with Gasteiger partial charge < -0.3 is 9.47 Å². The molecule has 2 aromatic carbocycles. The Bertz CT molecular complexity index is 914. The first-order valence-electron chi connectivity index (χ1n) is 17.7. The summed E-state index contributed by atoms with van der Waals surface area (Å²) in [4.78, 5) is 0. The van der Waals surface area contributed by atoms with E-state index in [2.05, 4.69) is 26.0 Å².